The second-order valence-electron chi connectivity index (χ2n) is 10.0. The monoisotopic (exact) mass is 470 g/mol. The van der Waals surface area contributed by atoms with Gasteiger partial charge in [0.2, 0.25) is 0 Å². The van der Waals surface area contributed by atoms with Gasteiger partial charge in [-0.2, -0.15) is 0 Å². The average molecular weight is 471 g/mol. The molecule has 5 nitrogen and oxygen atoms in total. The number of hydrogen-bond donors (Lipinski definition) is 2. The van der Waals surface area contributed by atoms with Crippen LogP contribution in [0.5, 0.6) is 5.75 Å². The first-order valence-corrected chi connectivity index (χ1v) is 12.5. The summed E-state index contributed by atoms with van der Waals surface area (Å²) in [5, 5.41) is 14.7. The third-order valence-electron chi connectivity index (χ3n) is 7.79. The molecule has 3 aromatic rings. The van der Waals surface area contributed by atoms with E-state index in [1.165, 1.54) is 22.3 Å². The highest BCUT2D eigenvalue weighted by Gasteiger charge is 2.52. The summed E-state index contributed by atoms with van der Waals surface area (Å²) in [4.78, 5) is 15.2. The number of rotatable bonds is 6. The lowest BCUT2D eigenvalue weighted by molar-refractivity contribution is -0.125. The predicted octanol–water partition coefficient (Wildman–Crippen LogP) is 4.45. The molecule has 0 unspecified atom stereocenters. The number of piperidine rings is 1. The fourth-order valence-electron chi connectivity index (χ4n) is 5.79. The van der Waals surface area contributed by atoms with Gasteiger partial charge in [-0.1, -0.05) is 66.2 Å². The summed E-state index contributed by atoms with van der Waals surface area (Å²) in [5.41, 5.74) is 5.84. The first-order valence-electron chi connectivity index (χ1n) is 12.5. The maximum Gasteiger partial charge on any atom is 0.258 e. The molecule has 0 saturated carbocycles. The zero-order chi connectivity index (χ0) is 24.4. The summed E-state index contributed by atoms with van der Waals surface area (Å²) in [5.74, 6) is 0.430. The van der Waals surface area contributed by atoms with Gasteiger partial charge in [0.15, 0.2) is 6.61 Å². The quantitative estimate of drug-likeness (QED) is 0.559. The number of ether oxygens (including phenoxy) is 1. The maximum absolute atomic E-state index is 12.8. The molecular weight excluding hydrogens is 436 g/mol. The zero-order valence-corrected chi connectivity index (χ0v) is 20.5. The molecule has 5 heteroatoms. The molecule has 1 aliphatic carbocycles. The Kier molecular flexibility index (Phi) is 6.63. The number of likely N-dealkylation sites (tertiary alicyclic amines) is 1. The van der Waals surface area contributed by atoms with E-state index in [9.17, 15) is 9.90 Å². The number of aryl methyl sites for hydroxylation is 2. The molecule has 35 heavy (non-hydrogen) atoms. The number of carbonyl (C=O) groups excluding carboxylic acids is 1. The molecule has 1 spiro atoms. The number of aliphatic hydroxyl groups is 1. The number of aliphatic hydroxyl groups excluding tert-OH is 1. The van der Waals surface area contributed by atoms with Crippen molar-refractivity contribution < 1.29 is 14.6 Å². The number of para-hydroxylation sites is 1. The lowest BCUT2D eigenvalue weighted by atomic mass is 9.72. The van der Waals surface area contributed by atoms with Crippen LogP contribution in [-0.4, -0.2) is 41.7 Å². The van der Waals surface area contributed by atoms with Crippen LogP contribution in [0.3, 0.4) is 0 Å². The zero-order valence-electron chi connectivity index (χ0n) is 20.5. The maximum atomic E-state index is 12.8. The molecule has 2 atom stereocenters. The van der Waals surface area contributed by atoms with Gasteiger partial charge in [0, 0.05) is 12.0 Å². The van der Waals surface area contributed by atoms with Crippen LogP contribution in [0.15, 0.2) is 72.8 Å². The number of nitrogens with zero attached hydrogens (tertiary/aromatic N) is 1. The Bertz CT molecular complexity index is 1190. The first-order chi connectivity index (χ1) is 17.0. The Morgan fingerprint density at radius 2 is 1.74 bits per heavy atom. The van der Waals surface area contributed by atoms with Gasteiger partial charge in [-0.05, 0) is 74.2 Å². The second-order valence-corrected chi connectivity index (χ2v) is 10.0. The first kappa shape index (κ1) is 23.6. The molecule has 0 aromatic heterocycles. The van der Waals surface area contributed by atoms with Gasteiger partial charge in [0.25, 0.3) is 5.91 Å². The summed E-state index contributed by atoms with van der Waals surface area (Å²) in [6.07, 6.45) is 1.06. The highest BCUT2D eigenvalue weighted by molar-refractivity contribution is 5.78. The third kappa shape index (κ3) is 4.71. The summed E-state index contributed by atoms with van der Waals surface area (Å²) in [6, 6.07) is 23.7. The second kappa shape index (κ2) is 9.84. The normalized spacial score (nSPS) is 21.0. The minimum atomic E-state index is -0.663. The molecule has 182 valence electrons. The van der Waals surface area contributed by atoms with E-state index in [2.05, 4.69) is 48.3 Å². The molecule has 1 saturated heterocycles. The standard InChI is InChI=1S/C30H34N2O3/c1-21-12-13-22(2)23(18-21)19-32-16-14-30(15-17-32)26-11-7-6-10-25(26)28(29(30)34)31-27(33)20-35-24-8-4-3-5-9-24/h3-13,18,28-29,34H,14-17,19-20H2,1-2H3,(H,31,33)/t28-,29+/m1/s1. The van der Waals surface area contributed by atoms with Gasteiger partial charge in [-0.15, -0.1) is 0 Å². The van der Waals surface area contributed by atoms with Crippen molar-refractivity contribution >= 4 is 5.91 Å². The van der Waals surface area contributed by atoms with Crippen molar-refractivity contribution in [3.8, 4) is 5.75 Å². The fourth-order valence-corrected chi connectivity index (χ4v) is 5.79. The highest BCUT2D eigenvalue weighted by atomic mass is 16.5. The van der Waals surface area contributed by atoms with Gasteiger partial charge in [-0.25, -0.2) is 0 Å². The van der Waals surface area contributed by atoms with Crippen molar-refractivity contribution in [2.75, 3.05) is 19.7 Å². The molecular formula is C30H34N2O3. The molecule has 0 radical (unpaired) electrons. The lowest BCUT2D eigenvalue weighted by Gasteiger charge is -2.43. The SMILES string of the molecule is Cc1ccc(C)c(CN2CCC3(CC2)c2ccccc2[C@@H](NC(=O)COc2ccccc2)[C@@H]3O)c1. The molecule has 1 heterocycles. The molecule has 5 rings (SSSR count). The van der Waals surface area contributed by atoms with Crippen LogP contribution in [0.4, 0.5) is 0 Å². The van der Waals surface area contributed by atoms with E-state index in [1.807, 2.05) is 48.5 Å². The lowest BCUT2D eigenvalue weighted by Crippen LogP contribution is -2.50. The Balaban J connectivity index is 1.28. The number of nitrogens with one attached hydrogen (secondary N) is 1. The Morgan fingerprint density at radius 1 is 1.03 bits per heavy atom. The van der Waals surface area contributed by atoms with E-state index in [1.54, 1.807) is 0 Å². The predicted molar refractivity (Wildman–Crippen MR) is 137 cm³/mol. The molecule has 3 aromatic carbocycles. The molecule has 1 aliphatic heterocycles. The van der Waals surface area contributed by atoms with Crippen LogP contribution in [-0.2, 0) is 16.8 Å². The molecule has 2 aliphatic rings. The van der Waals surface area contributed by atoms with Crippen molar-refractivity contribution in [3.05, 3.63) is 101 Å². The summed E-state index contributed by atoms with van der Waals surface area (Å²) < 4.78 is 5.63. The molecule has 2 N–H and O–H groups in total. The van der Waals surface area contributed by atoms with Gasteiger partial charge >= 0.3 is 0 Å². The summed E-state index contributed by atoms with van der Waals surface area (Å²) in [6.45, 7) is 6.99. The largest absolute Gasteiger partial charge is 0.484 e. The molecule has 1 amide bonds. The van der Waals surface area contributed by atoms with Gasteiger partial charge < -0.3 is 15.2 Å². The van der Waals surface area contributed by atoms with Crippen molar-refractivity contribution in [1.82, 2.24) is 10.2 Å². The third-order valence-corrected chi connectivity index (χ3v) is 7.79. The minimum Gasteiger partial charge on any atom is -0.484 e. The number of carbonyl (C=O) groups is 1. The van der Waals surface area contributed by atoms with Crippen LogP contribution in [0.1, 0.15) is 46.7 Å². The average Bonchev–Trinajstić information content (AvgIpc) is 3.10. The Hall–Kier alpha value is -3.15. The number of benzene rings is 3. The number of amides is 1. The van der Waals surface area contributed by atoms with Gasteiger partial charge in [-0.3, -0.25) is 9.69 Å². The van der Waals surface area contributed by atoms with Crippen LogP contribution < -0.4 is 10.1 Å². The van der Waals surface area contributed by atoms with Crippen molar-refractivity contribution in [1.29, 1.82) is 0 Å². The topological polar surface area (TPSA) is 61.8 Å². The summed E-state index contributed by atoms with van der Waals surface area (Å²) in [7, 11) is 0. The summed E-state index contributed by atoms with van der Waals surface area (Å²) >= 11 is 0. The van der Waals surface area contributed by atoms with Crippen molar-refractivity contribution in [2.45, 2.75) is 50.8 Å². The molecule has 0 bridgehead atoms. The Morgan fingerprint density at radius 3 is 2.51 bits per heavy atom. The van der Waals surface area contributed by atoms with Gasteiger partial charge in [0.05, 0.1) is 12.1 Å². The van der Waals surface area contributed by atoms with E-state index < -0.39 is 12.1 Å². The van der Waals surface area contributed by atoms with Crippen LogP contribution in [0.2, 0.25) is 0 Å². The minimum absolute atomic E-state index is 0.0774. The van der Waals surface area contributed by atoms with E-state index in [4.69, 9.17) is 4.74 Å². The smallest absolute Gasteiger partial charge is 0.258 e. The van der Waals surface area contributed by atoms with E-state index in [-0.39, 0.29) is 17.9 Å². The van der Waals surface area contributed by atoms with Crippen LogP contribution >= 0.6 is 0 Å². The highest BCUT2D eigenvalue weighted by Crippen LogP contribution is 2.51. The molecule has 1 fully saturated rings. The van der Waals surface area contributed by atoms with Crippen molar-refractivity contribution in [2.24, 2.45) is 0 Å². The van der Waals surface area contributed by atoms with Crippen molar-refractivity contribution in [3.63, 3.8) is 0 Å². The number of hydrogen-bond acceptors (Lipinski definition) is 4. The van der Waals surface area contributed by atoms with E-state index in [0.717, 1.165) is 38.0 Å². The number of fused-ring (bicyclic) bond motifs is 2. The van der Waals surface area contributed by atoms with E-state index >= 15 is 0 Å². The van der Waals surface area contributed by atoms with Gasteiger partial charge in [0.1, 0.15) is 5.75 Å². The fraction of sp³-hybridized carbons (Fsp3) is 0.367. The van der Waals surface area contributed by atoms with E-state index in [0.29, 0.717) is 5.75 Å². The Labute approximate surface area is 207 Å². The van der Waals surface area contributed by atoms with Crippen LogP contribution in [0, 0.1) is 13.8 Å². The van der Waals surface area contributed by atoms with Crippen LogP contribution in [0.25, 0.3) is 0 Å².